The molecule has 0 atom stereocenters. The molecule has 2 aromatic heterocycles. The van der Waals surface area contributed by atoms with E-state index in [1.165, 1.54) is 11.5 Å². The molecule has 2 heterocycles. The lowest BCUT2D eigenvalue weighted by molar-refractivity contribution is 0.0765. The maximum absolute atomic E-state index is 5.97. The first-order chi connectivity index (χ1) is 10.1. The van der Waals surface area contributed by atoms with Crippen LogP contribution in [0.15, 0.2) is 5.38 Å². The molecule has 0 radical (unpaired) electrons. The molecule has 0 aliphatic heterocycles. The van der Waals surface area contributed by atoms with Gasteiger partial charge in [0.15, 0.2) is 0 Å². The van der Waals surface area contributed by atoms with Crippen molar-refractivity contribution in [2.75, 3.05) is 24.2 Å². The molecular weight excluding hydrogens is 304 g/mol. The highest BCUT2D eigenvalue weighted by Gasteiger charge is 2.16. The van der Waals surface area contributed by atoms with Crippen LogP contribution in [0.25, 0.3) is 10.6 Å². The van der Waals surface area contributed by atoms with Crippen molar-refractivity contribution in [1.29, 1.82) is 0 Å². The summed E-state index contributed by atoms with van der Waals surface area (Å²) in [6.45, 7) is 7.79. The summed E-state index contributed by atoms with van der Waals surface area (Å²) in [5.41, 5.74) is 7.93. The molecule has 5 nitrogen and oxygen atoms in total. The molecule has 0 aliphatic carbocycles. The molecule has 2 rings (SSSR count). The molecule has 7 heteroatoms. The molecule has 0 aromatic carbocycles. The highest BCUT2D eigenvalue weighted by atomic mass is 32.1. The Morgan fingerprint density at radius 1 is 1.38 bits per heavy atom. The number of aryl methyl sites for hydroxylation is 1. The summed E-state index contributed by atoms with van der Waals surface area (Å²) in [6.07, 6.45) is 2.41. The van der Waals surface area contributed by atoms with Gasteiger partial charge in [-0.15, -0.1) is 11.3 Å². The van der Waals surface area contributed by atoms with Gasteiger partial charge < -0.3 is 15.8 Å². The number of rotatable bonds is 8. The van der Waals surface area contributed by atoms with E-state index in [4.69, 9.17) is 10.5 Å². The fraction of sp³-hybridized carbons (Fsp3) is 0.571. The largest absolute Gasteiger partial charge is 0.382 e. The molecule has 116 valence electrons. The predicted octanol–water partition coefficient (Wildman–Crippen LogP) is 3.77. The maximum atomic E-state index is 5.97. The molecule has 0 saturated carbocycles. The van der Waals surface area contributed by atoms with Gasteiger partial charge in [-0.1, -0.05) is 0 Å². The van der Waals surface area contributed by atoms with Crippen LogP contribution in [0.2, 0.25) is 0 Å². The van der Waals surface area contributed by atoms with Crippen LogP contribution in [0, 0.1) is 6.92 Å². The fourth-order valence-electron chi connectivity index (χ4n) is 1.85. The van der Waals surface area contributed by atoms with Crippen molar-refractivity contribution in [2.24, 2.45) is 0 Å². The normalized spacial score (nSPS) is 11.2. The third kappa shape index (κ3) is 4.66. The molecule has 0 saturated heterocycles. The molecule has 0 spiro atoms. The van der Waals surface area contributed by atoms with E-state index < -0.39 is 0 Å². The first-order valence-electron chi connectivity index (χ1n) is 7.11. The molecule has 0 unspecified atom stereocenters. The van der Waals surface area contributed by atoms with Gasteiger partial charge in [-0.3, -0.25) is 0 Å². The van der Waals surface area contributed by atoms with Crippen molar-refractivity contribution in [3.63, 3.8) is 0 Å². The number of anilines is 2. The van der Waals surface area contributed by atoms with Crippen molar-refractivity contribution in [3.8, 4) is 10.6 Å². The molecular formula is C14H22N4OS2. The molecule has 0 aliphatic rings. The molecule has 0 bridgehead atoms. The molecule has 2 aromatic rings. The number of thiazole rings is 1. The van der Waals surface area contributed by atoms with Gasteiger partial charge in [0, 0.05) is 24.2 Å². The Morgan fingerprint density at radius 3 is 2.86 bits per heavy atom. The summed E-state index contributed by atoms with van der Waals surface area (Å²) >= 11 is 3.00. The first kappa shape index (κ1) is 16.2. The number of unbranched alkanes of at least 4 members (excludes halogenated alkanes) is 1. The predicted molar refractivity (Wildman–Crippen MR) is 91.2 cm³/mol. The van der Waals surface area contributed by atoms with E-state index >= 15 is 0 Å². The smallest absolute Gasteiger partial charge is 0.149 e. The Bertz CT molecular complexity index is 565. The Balaban J connectivity index is 1.87. The minimum atomic E-state index is 0.305. The lowest BCUT2D eigenvalue weighted by Gasteiger charge is -2.08. The van der Waals surface area contributed by atoms with E-state index in [2.05, 4.69) is 28.5 Å². The van der Waals surface area contributed by atoms with Gasteiger partial charge in [0.25, 0.3) is 0 Å². The highest BCUT2D eigenvalue weighted by Crippen LogP contribution is 2.38. The zero-order valence-electron chi connectivity index (χ0n) is 12.7. The minimum absolute atomic E-state index is 0.305. The van der Waals surface area contributed by atoms with E-state index in [1.54, 1.807) is 11.3 Å². The number of aromatic nitrogens is 2. The summed E-state index contributed by atoms with van der Waals surface area (Å²) in [7, 11) is 0. The quantitative estimate of drug-likeness (QED) is 0.722. The van der Waals surface area contributed by atoms with Crippen LogP contribution in [-0.2, 0) is 4.74 Å². The first-order valence-corrected chi connectivity index (χ1v) is 8.76. The summed E-state index contributed by atoms with van der Waals surface area (Å²) < 4.78 is 9.77. The second-order valence-electron chi connectivity index (χ2n) is 5.12. The van der Waals surface area contributed by atoms with Gasteiger partial charge in [0.05, 0.1) is 11.7 Å². The van der Waals surface area contributed by atoms with Crippen molar-refractivity contribution >= 4 is 33.7 Å². The molecule has 3 N–H and O–H groups in total. The van der Waals surface area contributed by atoms with Crippen molar-refractivity contribution < 1.29 is 4.74 Å². The molecule has 0 fully saturated rings. The lowest BCUT2D eigenvalue weighted by atomic mass is 10.3. The Kier molecular flexibility index (Phi) is 5.96. The van der Waals surface area contributed by atoms with Gasteiger partial charge in [-0.2, -0.15) is 4.37 Å². The summed E-state index contributed by atoms with van der Waals surface area (Å²) in [5, 5.41) is 7.39. The fourth-order valence-corrected chi connectivity index (χ4v) is 3.51. The second kappa shape index (κ2) is 7.72. The third-order valence-electron chi connectivity index (χ3n) is 2.86. The van der Waals surface area contributed by atoms with Crippen LogP contribution in [-0.4, -0.2) is 28.6 Å². The Hall–Kier alpha value is -1.18. The van der Waals surface area contributed by atoms with Crippen LogP contribution in [0.4, 0.5) is 10.8 Å². The van der Waals surface area contributed by atoms with E-state index in [0.29, 0.717) is 11.9 Å². The van der Waals surface area contributed by atoms with Gasteiger partial charge in [-0.05, 0) is 45.1 Å². The molecule has 0 amide bonds. The van der Waals surface area contributed by atoms with Crippen LogP contribution < -0.4 is 11.1 Å². The summed E-state index contributed by atoms with van der Waals surface area (Å²) in [5.74, 6) is 0.556. The van der Waals surface area contributed by atoms with Crippen molar-refractivity contribution in [3.05, 3.63) is 11.1 Å². The maximum Gasteiger partial charge on any atom is 0.149 e. The van der Waals surface area contributed by atoms with Crippen LogP contribution in [0.1, 0.15) is 32.4 Å². The molecule has 21 heavy (non-hydrogen) atoms. The van der Waals surface area contributed by atoms with Gasteiger partial charge >= 0.3 is 0 Å². The highest BCUT2D eigenvalue weighted by molar-refractivity contribution is 7.15. The number of ether oxygens (including phenoxy) is 1. The second-order valence-corrected chi connectivity index (χ2v) is 6.75. The lowest BCUT2D eigenvalue weighted by Crippen LogP contribution is -2.07. The number of hydrogen-bond donors (Lipinski definition) is 2. The Morgan fingerprint density at radius 2 is 2.19 bits per heavy atom. The van der Waals surface area contributed by atoms with Gasteiger partial charge in [0.1, 0.15) is 15.8 Å². The topological polar surface area (TPSA) is 73.1 Å². The van der Waals surface area contributed by atoms with E-state index in [-0.39, 0.29) is 0 Å². The number of hydrogen-bond acceptors (Lipinski definition) is 7. The number of nitrogens with two attached hydrogens (primary N) is 1. The van der Waals surface area contributed by atoms with Crippen LogP contribution in [0.5, 0.6) is 0 Å². The summed E-state index contributed by atoms with van der Waals surface area (Å²) in [6, 6.07) is 0. The standard InChI is InChI=1S/C14H22N4OS2/c1-9(2)19-7-5-4-6-16-13-11(12(15)18-21-13)14-17-10(3)8-20-14/h8-9,16H,4-7H2,1-3H3,(H2,15,18). The van der Waals surface area contributed by atoms with Crippen molar-refractivity contribution in [1.82, 2.24) is 9.36 Å². The average Bonchev–Trinajstić information content (AvgIpc) is 2.99. The van der Waals surface area contributed by atoms with Gasteiger partial charge in [0.2, 0.25) is 0 Å². The minimum Gasteiger partial charge on any atom is -0.382 e. The SMILES string of the molecule is Cc1csc(-c2c(N)nsc2NCCCCOC(C)C)n1. The Labute approximate surface area is 133 Å². The van der Waals surface area contributed by atoms with E-state index in [1.807, 2.05) is 12.3 Å². The van der Waals surface area contributed by atoms with E-state index in [9.17, 15) is 0 Å². The summed E-state index contributed by atoms with van der Waals surface area (Å²) in [4.78, 5) is 4.50. The zero-order chi connectivity index (χ0) is 15.2. The number of nitrogen functional groups attached to an aromatic ring is 1. The van der Waals surface area contributed by atoms with Gasteiger partial charge in [-0.25, -0.2) is 4.98 Å². The monoisotopic (exact) mass is 326 g/mol. The van der Waals surface area contributed by atoms with E-state index in [0.717, 1.165) is 47.3 Å². The third-order valence-corrected chi connectivity index (χ3v) is 4.66. The number of nitrogens with one attached hydrogen (secondary N) is 1. The zero-order valence-corrected chi connectivity index (χ0v) is 14.3. The van der Waals surface area contributed by atoms with Crippen molar-refractivity contribution in [2.45, 2.75) is 39.7 Å². The number of nitrogens with zero attached hydrogens (tertiary/aromatic N) is 2. The van der Waals surface area contributed by atoms with Crippen LogP contribution in [0.3, 0.4) is 0 Å². The van der Waals surface area contributed by atoms with Crippen LogP contribution >= 0.6 is 22.9 Å². The average molecular weight is 326 g/mol.